The van der Waals surface area contributed by atoms with Crippen LogP contribution in [0.4, 0.5) is 0 Å². The Kier molecular flexibility index (Phi) is 5.74. The number of carbonyl (C=O) groups is 1. The maximum Gasteiger partial charge on any atom is 0.380 e. The quantitative estimate of drug-likeness (QED) is 0.527. The molecule has 2 rings (SSSR count). The Balaban J connectivity index is 2.54. The Morgan fingerprint density at radius 3 is 2.27 bits per heavy atom. The van der Waals surface area contributed by atoms with E-state index in [0.717, 1.165) is 6.42 Å². The number of rotatable bonds is 5. The molecule has 2 nitrogen and oxygen atoms in total. The van der Waals surface area contributed by atoms with E-state index in [1.807, 2.05) is 13.8 Å². The van der Waals surface area contributed by atoms with Crippen LogP contribution >= 0.6 is 31.0 Å². The normalized spacial score (nSPS) is 12.8. The summed E-state index contributed by atoms with van der Waals surface area (Å²) >= 11 is 12.2. The van der Waals surface area contributed by atoms with Crippen LogP contribution in [0.1, 0.15) is 36.2 Å². The third-order valence-corrected chi connectivity index (χ3v) is 6.23. The van der Waals surface area contributed by atoms with Gasteiger partial charge in [-0.1, -0.05) is 52.9 Å². The molecule has 0 saturated heterocycles. The van der Waals surface area contributed by atoms with Crippen molar-refractivity contribution in [2.24, 2.45) is 0 Å². The standard InChI is InChI=1S/C17H16Cl2O2P/c1-3-11(2)22(21)15-10-5-4-7-12(15)17(20)16-13(18)8-6-9-14(16)19/h4-11H,3H2,1-2H3/q+1. The van der Waals surface area contributed by atoms with Crippen molar-refractivity contribution in [3.63, 3.8) is 0 Å². The molecule has 0 spiro atoms. The van der Waals surface area contributed by atoms with Crippen molar-refractivity contribution in [2.75, 3.05) is 0 Å². The molecule has 2 unspecified atom stereocenters. The highest BCUT2D eigenvalue weighted by Crippen LogP contribution is 2.33. The molecule has 0 bridgehead atoms. The Hall–Kier alpha value is -1.21. The van der Waals surface area contributed by atoms with Crippen molar-refractivity contribution in [1.29, 1.82) is 0 Å². The second-order valence-electron chi connectivity index (χ2n) is 5.03. The van der Waals surface area contributed by atoms with Crippen LogP contribution in [0.25, 0.3) is 0 Å². The van der Waals surface area contributed by atoms with Crippen LogP contribution in [0, 0.1) is 0 Å². The molecule has 2 aromatic carbocycles. The Labute approximate surface area is 141 Å². The molecule has 0 aliphatic rings. The molecule has 0 heterocycles. The SMILES string of the molecule is CCC(C)[P+](=O)c1ccccc1C(=O)c1c(Cl)cccc1Cl. The molecular weight excluding hydrogens is 338 g/mol. The van der Waals surface area contributed by atoms with Gasteiger partial charge in [-0.05, 0) is 37.6 Å². The third kappa shape index (κ3) is 3.41. The molecule has 0 fully saturated rings. The second-order valence-corrected chi connectivity index (χ2v) is 7.86. The zero-order valence-corrected chi connectivity index (χ0v) is 14.8. The first-order valence-corrected chi connectivity index (χ1v) is 9.10. The molecule has 114 valence electrons. The predicted octanol–water partition coefficient (Wildman–Crippen LogP) is 5.48. The van der Waals surface area contributed by atoms with Gasteiger partial charge in [-0.15, -0.1) is 0 Å². The number of hydrogen-bond donors (Lipinski definition) is 0. The van der Waals surface area contributed by atoms with E-state index in [9.17, 15) is 9.36 Å². The van der Waals surface area contributed by atoms with Crippen molar-refractivity contribution >= 4 is 42.1 Å². The monoisotopic (exact) mass is 353 g/mol. The van der Waals surface area contributed by atoms with Crippen LogP contribution < -0.4 is 5.30 Å². The van der Waals surface area contributed by atoms with Gasteiger partial charge in [0.05, 0.1) is 21.2 Å². The number of halogens is 2. The third-order valence-electron chi connectivity index (χ3n) is 3.57. The fraction of sp³-hybridized carbons (Fsp3) is 0.235. The molecule has 2 atom stereocenters. The van der Waals surface area contributed by atoms with Crippen LogP contribution in [-0.4, -0.2) is 11.4 Å². The van der Waals surface area contributed by atoms with E-state index >= 15 is 0 Å². The highest BCUT2D eigenvalue weighted by Gasteiger charge is 2.32. The molecule has 22 heavy (non-hydrogen) atoms. The minimum atomic E-state index is -1.66. The van der Waals surface area contributed by atoms with Crippen LogP contribution in [0.2, 0.25) is 10.0 Å². The Bertz CT molecular complexity index is 708. The lowest BCUT2D eigenvalue weighted by Gasteiger charge is -2.07. The number of benzene rings is 2. The first kappa shape index (κ1) is 17.1. The molecule has 0 aliphatic heterocycles. The lowest BCUT2D eigenvalue weighted by Crippen LogP contribution is -2.16. The van der Waals surface area contributed by atoms with E-state index in [2.05, 4.69) is 0 Å². The molecule has 0 amide bonds. The van der Waals surface area contributed by atoms with E-state index in [4.69, 9.17) is 23.2 Å². The van der Waals surface area contributed by atoms with Gasteiger partial charge in [0.15, 0.2) is 5.66 Å². The van der Waals surface area contributed by atoms with Gasteiger partial charge < -0.3 is 0 Å². The van der Waals surface area contributed by atoms with Crippen molar-refractivity contribution < 1.29 is 9.36 Å². The Morgan fingerprint density at radius 1 is 1.09 bits per heavy atom. The van der Waals surface area contributed by atoms with Crippen molar-refractivity contribution in [3.8, 4) is 0 Å². The maximum atomic E-state index is 12.8. The van der Waals surface area contributed by atoms with E-state index in [0.29, 0.717) is 20.9 Å². The zero-order valence-electron chi connectivity index (χ0n) is 12.3. The second kappa shape index (κ2) is 7.37. The summed E-state index contributed by atoms with van der Waals surface area (Å²) in [7, 11) is -1.66. The van der Waals surface area contributed by atoms with E-state index in [-0.39, 0.29) is 17.0 Å². The topological polar surface area (TPSA) is 34.1 Å². The molecule has 0 saturated carbocycles. The minimum absolute atomic E-state index is 0.00525. The zero-order chi connectivity index (χ0) is 16.3. The van der Waals surface area contributed by atoms with E-state index in [1.165, 1.54) is 0 Å². The summed E-state index contributed by atoms with van der Waals surface area (Å²) in [5.74, 6) is -0.294. The fourth-order valence-corrected chi connectivity index (χ4v) is 4.13. The predicted molar refractivity (Wildman–Crippen MR) is 93.3 cm³/mol. The largest absolute Gasteiger partial charge is 0.380 e. The smallest absolute Gasteiger partial charge is 0.288 e. The Morgan fingerprint density at radius 2 is 1.68 bits per heavy atom. The lowest BCUT2D eigenvalue weighted by atomic mass is 10.0. The van der Waals surface area contributed by atoms with Crippen molar-refractivity contribution in [3.05, 3.63) is 63.6 Å². The number of hydrogen-bond acceptors (Lipinski definition) is 2. The molecule has 2 aromatic rings. The highest BCUT2D eigenvalue weighted by atomic mass is 35.5. The van der Waals surface area contributed by atoms with Crippen molar-refractivity contribution in [2.45, 2.75) is 25.9 Å². The molecule has 0 aromatic heterocycles. The molecule has 5 heteroatoms. The summed E-state index contributed by atoms with van der Waals surface area (Å²) < 4.78 is 12.6. The summed E-state index contributed by atoms with van der Waals surface area (Å²) in [6, 6.07) is 11.9. The summed E-state index contributed by atoms with van der Waals surface area (Å²) in [6.45, 7) is 3.90. The molecule has 0 aliphatic carbocycles. The van der Waals surface area contributed by atoms with Gasteiger partial charge in [0.25, 0.3) is 0 Å². The van der Waals surface area contributed by atoms with Gasteiger partial charge in [0.1, 0.15) is 0 Å². The molecular formula is C17H16Cl2O2P+. The first-order chi connectivity index (χ1) is 10.5. The van der Waals surface area contributed by atoms with Gasteiger partial charge in [-0.2, -0.15) is 0 Å². The molecule has 0 N–H and O–H groups in total. The summed E-state index contributed by atoms with van der Waals surface area (Å²) in [6.07, 6.45) is 0.782. The highest BCUT2D eigenvalue weighted by molar-refractivity contribution is 7.54. The van der Waals surface area contributed by atoms with Crippen LogP contribution in [0.5, 0.6) is 0 Å². The van der Waals surface area contributed by atoms with E-state index in [1.54, 1.807) is 42.5 Å². The van der Waals surface area contributed by atoms with E-state index < -0.39 is 7.80 Å². The van der Waals surface area contributed by atoms with Gasteiger partial charge in [0, 0.05) is 0 Å². The lowest BCUT2D eigenvalue weighted by molar-refractivity contribution is 0.104. The summed E-state index contributed by atoms with van der Waals surface area (Å²) in [5.41, 5.74) is 0.662. The van der Waals surface area contributed by atoms with Gasteiger partial charge >= 0.3 is 7.80 Å². The van der Waals surface area contributed by atoms with Crippen LogP contribution in [0.15, 0.2) is 42.5 Å². The minimum Gasteiger partial charge on any atom is -0.288 e. The van der Waals surface area contributed by atoms with Crippen LogP contribution in [-0.2, 0) is 4.57 Å². The van der Waals surface area contributed by atoms with Crippen molar-refractivity contribution in [1.82, 2.24) is 0 Å². The van der Waals surface area contributed by atoms with Gasteiger partial charge in [0.2, 0.25) is 11.1 Å². The maximum absolute atomic E-state index is 12.8. The molecule has 0 radical (unpaired) electrons. The summed E-state index contributed by atoms with van der Waals surface area (Å²) in [4.78, 5) is 12.8. The fourth-order valence-electron chi connectivity index (χ4n) is 2.11. The van der Waals surface area contributed by atoms with Crippen LogP contribution in [0.3, 0.4) is 0 Å². The summed E-state index contributed by atoms with van der Waals surface area (Å²) in [5, 5.41) is 1.16. The average Bonchev–Trinajstić information content (AvgIpc) is 2.53. The number of ketones is 1. The number of carbonyl (C=O) groups excluding carboxylic acids is 1. The first-order valence-electron chi connectivity index (χ1n) is 7.01. The van der Waals surface area contributed by atoms with Gasteiger partial charge in [-0.3, -0.25) is 4.79 Å². The van der Waals surface area contributed by atoms with Gasteiger partial charge in [-0.25, -0.2) is 0 Å². The average molecular weight is 354 g/mol.